The molecule has 0 heterocycles. The van der Waals surface area contributed by atoms with Crippen molar-refractivity contribution in [3.63, 3.8) is 0 Å². The van der Waals surface area contributed by atoms with Gasteiger partial charge in [-0.1, -0.05) is 29.8 Å². The van der Waals surface area contributed by atoms with E-state index < -0.39 is 12.4 Å². The monoisotopic (exact) mass is 333 g/mol. The lowest BCUT2D eigenvalue weighted by Crippen LogP contribution is -2.37. The molecule has 0 amide bonds. The Hall–Kier alpha value is -2.20. The molecule has 0 aliphatic rings. The minimum atomic E-state index is -0.739. The van der Waals surface area contributed by atoms with E-state index >= 15 is 0 Å². The van der Waals surface area contributed by atoms with Crippen molar-refractivity contribution in [3.05, 3.63) is 59.1 Å². The standard InChI is InChI=1S/C18H20ClNO3/c1-4-20(16-8-6-5-7-9-16)14(3)22-18(21)23-17-11-10-15(19)12-13(17)2/h5-12,14H,4H2,1-3H3. The Kier molecular flexibility index (Phi) is 5.88. The Morgan fingerprint density at radius 3 is 2.52 bits per heavy atom. The second kappa shape index (κ2) is 7.88. The van der Waals surface area contributed by atoms with E-state index in [0.717, 1.165) is 11.3 Å². The third kappa shape index (κ3) is 4.63. The number of anilines is 1. The second-order valence-corrected chi connectivity index (χ2v) is 5.54. The number of carbonyl (C=O) groups is 1. The molecule has 0 aliphatic carbocycles. The highest BCUT2D eigenvalue weighted by Crippen LogP contribution is 2.23. The third-order valence-corrected chi connectivity index (χ3v) is 3.70. The van der Waals surface area contributed by atoms with Crippen molar-refractivity contribution in [2.75, 3.05) is 11.4 Å². The quantitative estimate of drug-likeness (QED) is 0.436. The van der Waals surface area contributed by atoms with Gasteiger partial charge in [0.15, 0.2) is 6.23 Å². The van der Waals surface area contributed by atoms with E-state index in [1.807, 2.05) is 56.0 Å². The minimum Gasteiger partial charge on any atom is -0.410 e. The van der Waals surface area contributed by atoms with Crippen LogP contribution in [0, 0.1) is 6.92 Å². The summed E-state index contributed by atoms with van der Waals surface area (Å²) < 4.78 is 10.6. The van der Waals surface area contributed by atoms with E-state index in [2.05, 4.69) is 0 Å². The van der Waals surface area contributed by atoms with Crippen molar-refractivity contribution in [2.45, 2.75) is 27.0 Å². The topological polar surface area (TPSA) is 38.8 Å². The maximum Gasteiger partial charge on any atom is 0.515 e. The number of halogens is 1. The van der Waals surface area contributed by atoms with Crippen molar-refractivity contribution in [3.8, 4) is 5.75 Å². The number of carbonyl (C=O) groups excluding carboxylic acids is 1. The Labute approximate surface area is 141 Å². The summed E-state index contributed by atoms with van der Waals surface area (Å²) in [5, 5.41) is 0.595. The predicted octanol–water partition coefficient (Wildman–Crippen LogP) is 5.04. The van der Waals surface area contributed by atoms with Crippen LogP contribution in [-0.2, 0) is 4.74 Å². The molecule has 0 saturated carbocycles. The number of rotatable bonds is 5. The molecular weight excluding hydrogens is 314 g/mol. The maximum atomic E-state index is 12.0. The van der Waals surface area contributed by atoms with Crippen LogP contribution < -0.4 is 9.64 Å². The van der Waals surface area contributed by atoms with Gasteiger partial charge >= 0.3 is 6.16 Å². The van der Waals surface area contributed by atoms with Crippen LogP contribution in [0.15, 0.2) is 48.5 Å². The van der Waals surface area contributed by atoms with Gasteiger partial charge in [-0.15, -0.1) is 0 Å². The summed E-state index contributed by atoms with van der Waals surface area (Å²) in [4.78, 5) is 14.0. The second-order valence-electron chi connectivity index (χ2n) is 5.10. The molecule has 23 heavy (non-hydrogen) atoms. The summed E-state index contributed by atoms with van der Waals surface area (Å²) in [6.07, 6.45) is -1.18. The van der Waals surface area contributed by atoms with Gasteiger partial charge in [0.2, 0.25) is 0 Å². The molecular formula is C18H20ClNO3. The summed E-state index contributed by atoms with van der Waals surface area (Å²) in [7, 11) is 0. The van der Waals surface area contributed by atoms with Crippen LogP contribution in [0.1, 0.15) is 19.4 Å². The number of hydrogen-bond donors (Lipinski definition) is 0. The smallest absolute Gasteiger partial charge is 0.410 e. The molecule has 2 rings (SSSR count). The first-order chi connectivity index (χ1) is 11.0. The summed E-state index contributed by atoms with van der Waals surface area (Å²) in [5.41, 5.74) is 1.76. The zero-order chi connectivity index (χ0) is 16.8. The molecule has 0 spiro atoms. The Morgan fingerprint density at radius 1 is 1.22 bits per heavy atom. The van der Waals surface area contributed by atoms with Crippen molar-refractivity contribution >= 4 is 23.4 Å². The molecule has 1 atom stereocenters. The highest BCUT2D eigenvalue weighted by atomic mass is 35.5. The first-order valence-corrected chi connectivity index (χ1v) is 7.85. The largest absolute Gasteiger partial charge is 0.515 e. The molecule has 0 saturated heterocycles. The maximum absolute atomic E-state index is 12.0. The fourth-order valence-corrected chi connectivity index (χ4v) is 2.54. The fourth-order valence-electron chi connectivity index (χ4n) is 2.31. The van der Waals surface area contributed by atoms with Gasteiger partial charge < -0.3 is 14.4 Å². The SMILES string of the molecule is CCN(c1ccccc1)C(C)OC(=O)Oc1ccc(Cl)cc1C. The summed E-state index contributed by atoms with van der Waals surface area (Å²) in [6.45, 7) is 6.34. The van der Waals surface area contributed by atoms with E-state index in [0.29, 0.717) is 17.3 Å². The van der Waals surface area contributed by atoms with Gasteiger partial charge in [0.1, 0.15) is 5.75 Å². The van der Waals surface area contributed by atoms with Gasteiger partial charge in [0, 0.05) is 17.3 Å². The molecule has 5 heteroatoms. The predicted molar refractivity (Wildman–Crippen MR) is 92.2 cm³/mol. The van der Waals surface area contributed by atoms with Crippen LogP contribution in [-0.4, -0.2) is 18.9 Å². The number of hydrogen-bond acceptors (Lipinski definition) is 4. The normalized spacial score (nSPS) is 11.7. The van der Waals surface area contributed by atoms with Gasteiger partial charge in [0.25, 0.3) is 0 Å². The van der Waals surface area contributed by atoms with Gasteiger partial charge in [-0.05, 0) is 56.7 Å². The van der Waals surface area contributed by atoms with E-state index in [-0.39, 0.29) is 0 Å². The average Bonchev–Trinajstić information content (AvgIpc) is 2.52. The first kappa shape index (κ1) is 17.2. The molecule has 4 nitrogen and oxygen atoms in total. The average molecular weight is 334 g/mol. The fraction of sp³-hybridized carbons (Fsp3) is 0.278. The van der Waals surface area contributed by atoms with E-state index in [9.17, 15) is 4.79 Å². The molecule has 0 aromatic heterocycles. The summed E-state index contributed by atoms with van der Waals surface area (Å²) >= 11 is 5.89. The van der Waals surface area contributed by atoms with Crippen molar-refractivity contribution in [1.82, 2.24) is 0 Å². The lowest BCUT2D eigenvalue weighted by molar-refractivity contribution is 0.0643. The Balaban J connectivity index is 2.01. The lowest BCUT2D eigenvalue weighted by Gasteiger charge is -2.29. The van der Waals surface area contributed by atoms with Crippen molar-refractivity contribution in [2.24, 2.45) is 0 Å². The lowest BCUT2D eigenvalue weighted by atomic mass is 10.2. The van der Waals surface area contributed by atoms with Gasteiger partial charge in [-0.25, -0.2) is 4.79 Å². The van der Waals surface area contributed by atoms with Gasteiger partial charge in [-0.3, -0.25) is 0 Å². The molecule has 1 unspecified atom stereocenters. The summed E-state index contributed by atoms with van der Waals surface area (Å²) in [6, 6.07) is 14.8. The molecule has 2 aromatic carbocycles. The number of para-hydroxylation sites is 1. The molecule has 0 fully saturated rings. The Bertz CT molecular complexity index is 661. The van der Waals surface area contributed by atoms with Crippen LogP contribution in [0.25, 0.3) is 0 Å². The highest BCUT2D eigenvalue weighted by Gasteiger charge is 2.19. The van der Waals surface area contributed by atoms with Crippen LogP contribution in [0.3, 0.4) is 0 Å². The van der Waals surface area contributed by atoms with Crippen molar-refractivity contribution < 1.29 is 14.3 Å². The molecule has 0 bridgehead atoms. The molecule has 0 radical (unpaired) electrons. The van der Waals surface area contributed by atoms with E-state index in [1.165, 1.54) is 0 Å². The molecule has 0 aliphatic heterocycles. The molecule has 122 valence electrons. The number of aryl methyl sites for hydroxylation is 1. The zero-order valence-corrected chi connectivity index (χ0v) is 14.2. The molecule has 2 aromatic rings. The number of benzene rings is 2. The van der Waals surface area contributed by atoms with Gasteiger partial charge in [0.05, 0.1) is 0 Å². The zero-order valence-electron chi connectivity index (χ0n) is 13.5. The molecule has 0 N–H and O–H groups in total. The van der Waals surface area contributed by atoms with Crippen LogP contribution in [0.5, 0.6) is 5.75 Å². The number of ether oxygens (including phenoxy) is 2. The van der Waals surface area contributed by atoms with Gasteiger partial charge in [-0.2, -0.15) is 0 Å². The minimum absolute atomic E-state index is 0.439. The van der Waals surface area contributed by atoms with Crippen molar-refractivity contribution in [1.29, 1.82) is 0 Å². The van der Waals surface area contributed by atoms with Crippen LogP contribution >= 0.6 is 11.6 Å². The highest BCUT2D eigenvalue weighted by molar-refractivity contribution is 6.30. The van der Waals surface area contributed by atoms with E-state index in [4.69, 9.17) is 21.1 Å². The van der Waals surface area contributed by atoms with E-state index in [1.54, 1.807) is 18.2 Å². The summed E-state index contributed by atoms with van der Waals surface area (Å²) in [5.74, 6) is 0.439. The van der Waals surface area contributed by atoms with Crippen LogP contribution in [0.2, 0.25) is 5.02 Å². The first-order valence-electron chi connectivity index (χ1n) is 7.47. The van der Waals surface area contributed by atoms with Crippen LogP contribution in [0.4, 0.5) is 10.5 Å². The third-order valence-electron chi connectivity index (χ3n) is 3.46. The Morgan fingerprint density at radius 2 is 1.91 bits per heavy atom. The number of nitrogens with zero attached hydrogens (tertiary/aromatic N) is 1.